The van der Waals surface area contributed by atoms with Crippen molar-refractivity contribution in [1.82, 2.24) is 4.57 Å². The Hall–Kier alpha value is -2.40. The van der Waals surface area contributed by atoms with E-state index < -0.39 is 15.3 Å². The first-order valence-corrected chi connectivity index (χ1v) is 9.28. The van der Waals surface area contributed by atoms with Gasteiger partial charge in [0.05, 0.1) is 10.4 Å². The van der Waals surface area contributed by atoms with Crippen molar-refractivity contribution < 1.29 is 8.42 Å². The lowest BCUT2D eigenvalue weighted by Crippen LogP contribution is -2.19. The van der Waals surface area contributed by atoms with Gasteiger partial charge >= 0.3 is 0 Å². The van der Waals surface area contributed by atoms with Crippen molar-refractivity contribution >= 4 is 20.7 Å². The minimum Gasteiger partial charge on any atom is -0.346 e. The van der Waals surface area contributed by atoms with Gasteiger partial charge in [0.2, 0.25) is 15.3 Å². The lowest BCUT2D eigenvalue weighted by atomic mass is 10.1. The predicted molar refractivity (Wildman–Crippen MR) is 95.2 cm³/mol. The largest absolute Gasteiger partial charge is 0.346 e. The van der Waals surface area contributed by atoms with Crippen LogP contribution in [-0.2, 0) is 16.4 Å². The molecule has 1 aromatic heterocycles. The van der Waals surface area contributed by atoms with Gasteiger partial charge in [-0.2, -0.15) is 0 Å². The number of aromatic nitrogens is 1. The van der Waals surface area contributed by atoms with Crippen molar-refractivity contribution in [1.29, 1.82) is 0 Å². The number of nitrogens with zero attached hydrogens (tertiary/aromatic N) is 1. The monoisotopic (exact) mass is 341 g/mol. The number of hydrogen-bond acceptors (Lipinski definition) is 3. The lowest BCUT2D eigenvalue weighted by Gasteiger charge is -2.12. The average molecular weight is 341 g/mol. The number of aryl methyl sites for hydroxylation is 3. The van der Waals surface area contributed by atoms with E-state index in [4.69, 9.17) is 0 Å². The number of hydrogen-bond donors (Lipinski definition) is 0. The molecule has 24 heavy (non-hydrogen) atoms. The van der Waals surface area contributed by atoms with Crippen molar-refractivity contribution in [2.45, 2.75) is 37.1 Å². The van der Waals surface area contributed by atoms with Crippen LogP contribution in [0.4, 0.5) is 0 Å². The van der Waals surface area contributed by atoms with Gasteiger partial charge in [0.15, 0.2) is 0 Å². The van der Waals surface area contributed by atoms with E-state index >= 15 is 0 Å². The second-order valence-electron chi connectivity index (χ2n) is 5.95. The fourth-order valence-electron chi connectivity index (χ4n) is 2.78. The van der Waals surface area contributed by atoms with E-state index in [1.54, 1.807) is 34.9 Å². The Bertz CT molecular complexity index is 1080. The Morgan fingerprint density at radius 1 is 0.958 bits per heavy atom. The van der Waals surface area contributed by atoms with Crippen LogP contribution in [0, 0.1) is 13.8 Å². The van der Waals surface area contributed by atoms with Gasteiger partial charge in [0.1, 0.15) is 4.90 Å². The second kappa shape index (κ2) is 5.91. The van der Waals surface area contributed by atoms with E-state index in [2.05, 4.69) is 0 Å². The van der Waals surface area contributed by atoms with Crippen LogP contribution in [0.25, 0.3) is 10.9 Å². The second-order valence-corrected chi connectivity index (χ2v) is 7.86. The van der Waals surface area contributed by atoms with Gasteiger partial charge in [0.25, 0.3) is 0 Å². The van der Waals surface area contributed by atoms with Gasteiger partial charge in [0, 0.05) is 18.1 Å². The summed E-state index contributed by atoms with van der Waals surface area (Å²) in [6.07, 6.45) is 1.45. The molecule has 2 aromatic carbocycles. The third-order valence-corrected chi connectivity index (χ3v) is 5.93. The summed E-state index contributed by atoms with van der Waals surface area (Å²) < 4.78 is 27.7. The van der Waals surface area contributed by atoms with E-state index in [1.807, 2.05) is 32.9 Å². The molecule has 3 aromatic rings. The zero-order valence-corrected chi connectivity index (χ0v) is 14.7. The Kier molecular flexibility index (Phi) is 4.05. The Labute approximate surface area is 141 Å². The summed E-state index contributed by atoms with van der Waals surface area (Å²) in [6.45, 7) is 6.28. The normalized spacial score (nSPS) is 11.8. The van der Waals surface area contributed by atoms with Crippen LogP contribution in [0.5, 0.6) is 0 Å². The summed E-state index contributed by atoms with van der Waals surface area (Å²) in [4.78, 5) is 12.8. The maximum absolute atomic E-state index is 12.9. The molecule has 124 valence electrons. The molecule has 0 fully saturated rings. The molecule has 3 rings (SSSR count). The minimum absolute atomic E-state index is 0.139. The molecular weight excluding hydrogens is 322 g/mol. The fourth-order valence-corrected chi connectivity index (χ4v) is 4.15. The number of rotatable bonds is 3. The molecule has 0 aliphatic carbocycles. The summed E-state index contributed by atoms with van der Waals surface area (Å²) in [6, 6.07) is 12.1. The molecule has 0 saturated heterocycles. The zero-order chi connectivity index (χ0) is 17.5. The van der Waals surface area contributed by atoms with Crippen molar-refractivity contribution in [3.63, 3.8) is 0 Å². The van der Waals surface area contributed by atoms with Crippen LogP contribution in [-0.4, -0.2) is 13.0 Å². The molecule has 4 nitrogen and oxygen atoms in total. The summed E-state index contributed by atoms with van der Waals surface area (Å²) in [7, 11) is -3.86. The van der Waals surface area contributed by atoms with Crippen molar-refractivity contribution in [2.75, 3.05) is 0 Å². The van der Waals surface area contributed by atoms with Crippen LogP contribution in [0.1, 0.15) is 18.1 Å². The van der Waals surface area contributed by atoms with Crippen molar-refractivity contribution in [2.24, 2.45) is 0 Å². The van der Waals surface area contributed by atoms with E-state index in [0.29, 0.717) is 11.9 Å². The van der Waals surface area contributed by atoms with E-state index in [-0.39, 0.29) is 9.79 Å². The van der Waals surface area contributed by atoms with Crippen LogP contribution < -0.4 is 5.43 Å². The number of sulfone groups is 1. The van der Waals surface area contributed by atoms with Gasteiger partial charge in [-0.25, -0.2) is 8.42 Å². The number of benzene rings is 2. The third kappa shape index (κ3) is 2.65. The first-order chi connectivity index (χ1) is 11.3. The predicted octanol–water partition coefficient (Wildman–Crippen LogP) is 3.47. The molecule has 0 N–H and O–H groups in total. The molecule has 0 spiro atoms. The molecule has 5 heteroatoms. The summed E-state index contributed by atoms with van der Waals surface area (Å²) in [5.41, 5.74) is 2.19. The maximum atomic E-state index is 12.9. The highest BCUT2D eigenvalue weighted by Gasteiger charge is 2.23. The van der Waals surface area contributed by atoms with Gasteiger partial charge in [-0.15, -0.1) is 0 Å². The quantitative estimate of drug-likeness (QED) is 0.733. The van der Waals surface area contributed by atoms with Crippen LogP contribution in [0.15, 0.2) is 63.2 Å². The summed E-state index contributed by atoms with van der Waals surface area (Å²) in [5.74, 6) is 0. The van der Waals surface area contributed by atoms with Crippen LogP contribution in [0.3, 0.4) is 0 Å². The lowest BCUT2D eigenvalue weighted by molar-refractivity contribution is 0.593. The van der Waals surface area contributed by atoms with E-state index in [1.165, 1.54) is 6.20 Å². The highest BCUT2D eigenvalue weighted by Crippen LogP contribution is 2.22. The minimum atomic E-state index is -3.86. The third-order valence-electron chi connectivity index (χ3n) is 4.16. The van der Waals surface area contributed by atoms with Crippen LogP contribution >= 0.6 is 0 Å². The Morgan fingerprint density at radius 2 is 1.58 bits per heavy atom. The topological polar surface area (TPSA) is 56.1 Å². The van der Waals surface area contributed by atoms with Crippen molar-refractivity contribution in [3.8, 4) is 0 Å². The molecular formula is C19H19NO3S. The first kappa shape index (κ1) is 16.5. The van der Waals surface area contributed by atoms with E-state index in [9.17, 15) is 13.2 Å². The van der Waals surface area contributed by atoms with Crippen molar-refractivity contribution in [3.05, 3.63) is 70.0 Å². The molecule has 0 amide bonds. The fraction of sp³-hybridized carbons (Fsp3) is 0.211. The van der Waals surface area contributed by atoms with Gasteiger partial charge in [-0.05, 0) is 45.0 Å². The highest BCUT2D eigenvalue weighted by molar-refractivity contribution is 7.91. The molecule has 0 atom stereocenters. The smallest absolute Gasteiger partial charge is 0.211 e. The van der Waals surface area contributed by atoms with Crippen LogP contribution in [0.2, 0.25) is 0 Å². The molecule has 0 saturated carbocycles. The standard InChI is InChI=1S/C19H19NO3S/c1-4-20-12-18(19(21)16-11-14(3)7-10-17(16)20)24(22,23)15-8-5-13(2)6-9-15/h5-12H,4H2,1-3H3. The maximum Gasteiger partial charge on any atom is 0.211 e. The Morgan fingerprint density at radius 3 is 2.21 bits per heavy atom. The number of pyridine rings is 1. The van der Waals surface area contributed by atoms with E-state index in [0.717, 1.165) is 16.6 Å². The first-order valence-electron chi connectivity index (χ1n) is 7.80. The van der Waals surface area contributed by atoms with Gasteiger partial charge < -0.3 is 4.57 Å². The highest BCUT2D eigenvalue weighted by atomic mass is 32.2. The SMILES string of the molecule is CCn1cc(S(=O)(=O)c2ccc(C)cc2)c(=O)c2cc(C)ccc21. The molecule has 0 aliphatic heterocycles. The molecule has 0 bridgehead atoms. The zero-order valence-electron chi connectivity index (χ0n) is 13.9. The molecule has 0 aliphatic rings. The Balaban J connectivity index is 2.35. The summed E-state index contributed by atoms with van der Waals surface area (Å²) in [5, 5.41) is 0.435. The molecule has 1 heterocycles. The number of fused-ring (bicyclic) bond motifs is 1. The molecule has 0 radical (unpaired) electrons. The van der Waals surface area contributed by atoms with Gasteiger partial charge in [-0.3, -0.25) is 4.79 Å². The summed E-state index contributed by atoms with van der Waals surface area (Å²) >= 11 is 0. The molecule has 0 unspecified atom stereocenters. The van der Waals surface area contributed by atoms with Gasteiger partial charge in [-0.1, -0.05) is 29.3 Å². The average Bonchev–Trinajstić information content (AvgIpc) is 2.56.